The third kappa shape index (κ3) is 4.82. The van der Waals surface area contributed by atoms with Crippen molar-refractivity contribution < 1.29 is 14.2 Å². The molecule has 3 aromatic rings. The molecule has 1 aromatic heterocycles. The third-order valence-corrected chi connectivity index (χ3v) is 4.20. The number of hydrogen-bond acceptors (Lipinski definition) is 7. The quantitative estimate of drug-likeness (QED) is 0.427. The summed E-state index contributed by atoms with van der Waals surface area (Å²) in [6.45, 7) is 0. The smallest absolute Gasteiger partial charge is 0.328 e. The van der Waals surface area contributed by atoms with Crippen LogP contribution in [-0.2, 0) is 0 Å². The predicted octanol–water partition coefficient (Wildman–Crippen LogP) is 5.04. The molecule has 0 saturated heterocycles. The van der Waals surface area contributed by atoms with Gasteiger partial charge in [0.15, 0.2) is 0 Å². The average molecular weight is 419 g/mol. The Balaban J connectivity index is 1.86. The van der Waals surface area contributed by atoms with Crippen LogP contribution in [0.25, 0.3) is 0 Å². The Hall–Kier alpha value is -3.03. The molecule has 0 amide bonds. The molecule has 3 rings (SSSR count). The molecule has 0 saturated carbocycles. The molecule has 144 valence electrons. The van der Waals surface area contributed by atoms with Crippen LogP contribution in [0.15, 0.2) is 53.6 Å². The fourth-order valence-electron chi connectivity index (χ4n) is 2.19. The standard InChI is InChI=1S/C19H16Cl2N4O3/c1-26-17-10-18(27-2)24-19(23-17)28-16-9-5-7-13(20)12(16)11-22-25-15-8-4-3-6-14(15)21/h3-11,25H,1-2H3/b22-11-. The number of benzene rings is 2. The van der Waals surface area contributed by atoms with E-state index in [-0.39, 0.29) is 6.01 Å². The van der Waals surface area contributed by atoms with E-state index < -0.39 is 0 Å². The van der Waals surface area contributed by atoms with Gasteiger partial charge in [-0.2, -0.15) is 15.1 Å². The highest BCUT2D eigenvalue weighted by molar-refractivity contribution is 6.33. The highest BCUT2D eigenvalue weighted by Gasteiger charge is 2.12. The molecule has 2 aromatic carbocycles. The summed E-state index contributed by atoms with van der Waals surface area (Å²) in [5, 5.41) is 5.18. The number of methoxy groups -OCH3 is 2. The fraction of sp³-hybridized carbons (Fsp3) is 0.105. The van der Waals surface area contributed by atoms with E-state index in [1.165, 1.54) is 20.4 Å². The van der Waals surface area contributed by atoms with Crippen LogP contribution in [0.2, 0.25) is 10.0 Å². The van der Waals surface area contributed by atoms with E-state index in [2.05, 4.69) is 20.5 Å². The summed E-state index contributed by atoms with van der Waals surface area (Å²) in [5.74, 6) is 1.02. The first-order valence-electron chi connectivity index (χ1n) is 8.07. The Morgan fingerprint density at radius 3 is 2.29 bits per heavy atom. The lowest BCUT2D eigenvalue weighted by Gasteiger charge is -2.10. The van der Waals surface area contributed by atoms with Crippen LogP contribution in [0.4, 0.5) is 5.69 Å². The average Bonchev–Trinajstić information content (AvgIpc) is 2.71. The summed E-state index contributed by atoms with van der Waals surface area (Å²) >= 11 is 12.4. The van der Waals surface area contributed by atoms with Gasteiger partial charge in [-0.1, -0.05) is 41.4 Å². The van der Waals surface area contributed by atoms with Gasteiger partial charge in [-0.25, -0.2) is 0 Å². The molecule has 0 bridgehead atoms. The van der Waals surface area contributed by atoms with Gasteiger partial charge in [0.1, 0.15) is 5.75 Å². The Labute approximate surface area is 171 Å². The summed E-state index contributed by atoms with van der Waals surface area (Å²) < 4.78 is 16.0. The van der Waals surface area contributed by atoms with E-state index in [1.54, 1.807) is 36.4 Å². The van der Waals surface area contributed by atoms with E-state index in [0.717, 1.165) is 0 Å². The second-order valence-corrected chi connectivity index (χ2v) is 6.15. The van der Waals surface area contributed by atoms with Crippen molar-refractivity contribution >= 4 is 35.1 Å². The molecule has 28 heavy (non-hydrogen) atoms. The lowest BCUT2D eigenvalue weighted by Crippen LogP contribution is -2.00. The van der Waals surface area contributed by atoms with Crippen LogP contribution in [0, 0.1) is 0 Å². The number of ether oxygens (including phenoxy) is 3. The summed E-state index contributed by atoms with van der Waals surface area (Å²) in [6, 6.07) is 14.0. The normalized spacial score (nSPS) is 10.7. The van der Waals surface area contributed by atoms with Crippen molar-refractivity contribution in [3.8, 4) is 23.5 Å². The number of hydrogen-bond donors (Lipinski definition) is 1. The molecular weight excluding hydrogens is 403 g/mol. The number of rotatable bonds is 7. The van der Waals surface area contributed by atoms with Gasteiger partial charge in [-0.3, -0.25) is 5.43 Å². The van der Waals surface area contributed by atoms with E-state index >= 15 is 0 Å². The molecule has 0 atom stereocenters. The van der Waals surface area contributed by atoms with Gasteiger partial charge in [0.05, 0.1) is 47.8 Å². The van der Waals surface area contributed by atoms with Gasteiger partial charge >= 0.3 is 6.01 Å². The monoisotopic (exact) mass is 418 g/mol. The predicted molar refractivity (Wildman–Crippen MR) is 109 cm³/mol. The minimum absolute atomic E-state index is 0.0483. The Morgan fingerprint density at radius 2 is 1.61 bits per heavy atom. The zero-order valence-electron chi connectivity index (χ0n) is 15.0. The Kier molecular flexibility index (Phi) is 6.52. The minimum Gasteiger partial charge on any atom is -0.481 e. The van der Waals surface area contributed by atoms with Gasteiger partial charge < -0.3 is 14.2 Å². The summed E-state index contributed by atoms with van der Waals surface area (Å²) in [6.07, 6.45) is 1.53. The highest BCUT2D eigenvalue weighted by atomic mass is 35.5. The van der Waals surface area contributed by atoms with Crippen molar-refractivity contribution in [3.63, 3.8) is 0 Å². The topological polar surface area (TPSA) is 77.9 Å². The molecule has 9 heteroatoms. The minimum atomic E-state index is 0.0483. The number of para-hydroxylation sites is 1. The second-order valence-electron chi connectivity index (χ2n) is 5.34. The first kappa shape index (κ1) is 19.7. The first-order valence-corrected chi connectivity index (χ1v) is 8.83. The molecule has 0 radical (unpaired) electrons. The van der Waals surface area contributed by atoms with Gasteiger partial charge in [0, 0.05) is 0 Å². The molecule has 0 aliphatic heterocycles. The summed E-state index contributed by atoms with van der Waals surface area (Å²) in [7, 11) is 2.98. The van der Waals surface area contributed by atoms with Crippen LogP contribution < -0.4 is 19.6 Å². The number of halogens is 2. The molecule has 0 aliphatic rings. The van der Waals surface area contributed by atoms with Crippen LogP contribution in [0.3, 0.4) is 0 Å². The molecule has 7 nitrogen and oxygen atoms in total. The van der Waals surface area contributed by atoms with Crippen molar-refractivity contribution in [2.75, 3.05) is 19.6 Å². The first-order chi connectivity index (χ1) is 13.6. The van der Waals surface area contributed by atoms with E-state index in [4.69, 9.17) is 37.4 Å². The number of nitrogens with zero attached hydrogens (tertiary/aromatic N) is 3. The van der Waals surface area contributed by atoms with Crippen molar-refractivity contribution in [2.45, 2.75) is 0 Å². The lowest BCUT2D eigenvalue weighted by atomic mass is 10.2. The Bertz CT molecular complexity index is 976. The summed E-state index contributed by atoms with van der Waals surface area (Å²) in [4.78, 5) is 8.30. The molecular formula is C19H16Cl2N4O3. The number of aromatic nitrogens is 2. The molecule has 0 unspecified atom stereocenters. The van der Waals surface area contributed by atoms with Crippen molar-refractivity contribution in [1.29, 1.82) is 0 Å². The zero-order chi connectivity index (χ0) is 19.9. The van der Waals surface area contributed by atoms with Crippen LogP contribution in [0.1, 0.15) is 5.56 Å². The zero-order valence-corrected chi connectivity index (χ0v) is 16.5. The maximum absolute atomic E-state index is 6.31. The second kappa shape index (κ2) is 9.25. The maximum atomic E-state index is 6.31. The van der Waals surface area contributed by atoms with Crippen LogP contribution in [0.5, 0.6) is 23.5 Å². The lowest BCUT2D eigenvalue weighted by molar-refractivity contribution is 0.348. The van der Waals surface area contributed by atoms with E-state index in [1.807, 2.05) is 12.1 Å². The maximum Gasteiger partial charge on any atom is 0.328 e. The molecule has 1 N–H and O–H groups in total. The van der Waals surface area contributed by atoms with Gasteiger partial charge in [0.2, 0.25) is 11.8 Å². The molecule has 0 spiro atoms. The number of hydrazone groups is 1. The third-order valence-electron chi connectivity index (χ3n) is 3.54. The van der Waals surface area contributed by atoms with Gasteiger partial charge in [0.25, 0.3) is 0 Å². The van der Waals surface area contributed by atoms with E-state index in [9.17, 15) is 0 Å². The van der Waals surface area contributed by atoms with Crippen LogP contribution >= 0.6 is 23.2 Å². The summed E-state index contributed by atoms with van der Waals surface area (Å²) in [5.41, 5.74) is 4.07. The van der Waals surface area contributed by atoms with Crippen molar-refractivity contribution in [2.24, 2.45) is 5.10 Å². The Morgan fingerprint density at radius 1 is 0.929 bits per heavy atom. The molecule has 0 fully saturated rings. The van der Waals surface area contributed by atoms with Crippen molar-refractivity contribution in [3.05, 3.63) is 64.1 Å². The fourth-order valence-corrected chi connectivity index (χ4v) is 2.58. The largest absolute Gasteiger partial charge is 0.481 e. The molecule has 1 heterocycles. The number of anilines is 1. The number of nitrogens with one attached hydrogen (secondary N) is 1. The SMILES string of the molecule is COc1cc(OC)nc(Oc2cccc(Cl)c2/C=N\Nc2ccccc2Cl)n1. The van der Waals surface area contributed by atoms with Gasteiger partial charge in [-0.05, 0) is 24.3 Å². The van der Waals surface area contributed by atoms with Crippen molar-refractivity contribution in [1.82, 2.24) is 9.97 Å². The van der Waals surface area contributed by atoms with Crippen LogP contribution in [-0.4, -0.2) is 30.4 Å². The highest BCUT2D eigenvalue weighted by Crippen LogP contribution is 2.30. The molecule has 0 aliphatic carbocycles. The van der Waals surface area contributed by atoms with E-state index in [0.29, 0.717) is 38.8 Å². The van der Waals surface area contributed by atoms with Gasteiger partial charge in [-0.15, -0.1) is 0 Å².